The molecule has 0 aliphatic heterocycles. The monoisotopic (exact) mass is 747 g/mol. The summed E-state index contributed by atoms with van der Waals surface area (Å²) in [7, 11) is 0. The average Bonchev–Trinajstić information content (AvgIpc) is 3.22. The third-order valence-electron chi connectivity index (χ3n) is 13.2. The highest BCUT2D eigenvalue weighted by atomic mass is 19.1. The highest BCUT2D eigenvalue weighted by Gasteiger charge is 2.24. The van der Waals surface area contributed by atoms with Crippen molar-refractivity contribution in [2.75, 3.05) is 0 Å². The van der Waals surface area contributed by atoms with Crippen LogP contribution in [-0.2, 0) is 25.7 Å². The van der Waals surface area contributed by atoms with Gasteiger partial charge in [-0.25, -0.2) is 8.78 Å². The molecule has 4 aromatic rings. The van der Waals surface area contributed by atoms with Gasteiger partial charge in [0.1, 0.15) is 0 Å². The van der Waals surface area contributed by atoms with Crippen LogP contribution in [0, 0.1) is 23.5 Å². The smallest absolute Gasteiger partial charge is 0.169 e. The molecule has 2 fully saturated rings. The molecule has 0 radical (unpaired) electrons. The summed E-state index contributed by atoms with van der Waals surface area (Å²) in [6, 6.07) is 25.2. The van der Waals surface area contributed by atoms with Gasteiger partial charge in [-0.2, -0.15) is 0 Å². The molecule has 55 heavy (non-hydrogen) atoms. The third-order valence-corrected chi connectivity index (χ3v) is 13.2. The quantitative estimate of drug-likeness (QED) is 0.0985. The molecule has 1 nitrogen and oxygen atoms in total. The van der Waals surface area contributed by atoms with Crippen LogP contribution in [0.3, 0.4) is 0 Å². The van der Waals surface area contributed by atoms with E-state index in [2.05, 4.69) is 76.2 Å². The molecular formula is C52H68F2O. The van der Waals surface area contributed by atoms with Crippen LogP contribution in [0.15, 0.2) is 72.8 Å². The Morgan fingerprint density at radius 1 is 0.473 bits per heavy atom. The van der Waals surface area contributed by atoms with E-state index in [9.17, 15) is 0 Å². The number of aryl methyl sites for hydroxylation is 2. The van der Waals surface area contributed by atoms with Gasteiger partial charge in [0.05, 0.1) is 0 Å². The second-order valence-electron chi connectivity index (χ2n) is 17.2. The zero-order valence-corrected chi connectivity index (χ0v) is 34.5. The molecule has 0 N–H and O–H groups in total. The molecule has 2 saturated carbocycles. The van der Waals surface area contributed by atoms with E-state index in [1.807, 2.05) is 12.1 Å². The minimum atomic E-state index is -0.381. The molecule has 0 unspecified atom stereocenters. The van der Waals surface area contributed by atoms with E-state index < -0.39 is 0 Å². The zero-order chi connectivity index (χ0) is 38.6. The lowest BCUT2D eigenvalue weighted by Crippen LogP contribution is -2.13. The Bertz CT molecular complexity index is 1630. The van der Waals surface area contributed by atoms with E-state index in [-0.39, 0.29) is 23.1 Å². The fourth-order valence-electron chi connectivity index (χ4n) is 9.72. The van der Waals surface area contributed by atoms with Crippen molar-refractivity contribution >= 4 is 0 Å². The Morgan fingerprint density at radius 2 is 0.855 bits per heavy atom. The molecule has 0 spiro atoms. The summed E-state index contributed by atoms with van der Waals surface area (Å²) in [6.45, 7) is 8.82. The van der Waals surface area contributed by atoms with E-state index in [1.54, 1.807) is 12.1 Å². The molecule has 0 saturated heterocycles. The summed E-state index contributed by atoms with van der Waals surface area (Å²) in [6.07, 6.45) is 22.8. The first-order chi connectivity index (χ1) is 26.9. The average molecular weight is 747 g/mol. The Morgan fingerprint density at radius 3 is 1.20 bits per heavy atom. The van der Waals surface area contributed by atoms with Gasteiger partial charge in [0.15, 0.2) is 23.1 Å². The van der Waals surface area contributed by atoms with E-state index >= 15 is 8.78 Å². The van der Waals surface area contributed by atoms with Crippen LogP contribution in [-0.4, -0.2) is 0 Å². The maximum absolute atomic E-state index is 16.5. The summed E-state index contributed by atoms with van der Waals surface area (Å²) < 4.78 is 39.2. The first-order valence-corrected chi connectivity index (χ1v) is 22.4. The number of benzene rings is 4. The maximum Gasteiger partial charge on any atom is 0.169 e. The standard InChI is InChI=1S/C52H68F2O/c1-5-9-13-37-15-23-41(24-16-37)43-27-19-39(20-28-43)35-47-45(11-7-3)31-33-49(51(47)53)55-50-34-32-46(12-8-4)48(52(50)54)36-40-21-29-44(30-22-40)42-25-17-38(18-26-42)14-10-6-2/h19-22,27-34,37-38,41-42H,5-18,23-26,35-36H2,1-4H3. The number of halogens is 2. The second-order valence-corrected chi connectivity index (χ2v) is 17.2. The van der Waals surface area contributed by atoms with Crippen molar-refractivity contribution < 1.29 is 13.5 Å². The van der Waals surface area contributed by atoms with Gasteiger partial charge in [0, 0.05) is 12.8 Å². The molecule has 2 aliphatic rings. The number of unbranched alkanes of at least 4 members (excludes halogenated alkanes) is 2. The van der Waals surface area contributed by atoms with Gasteiger partial charge in [-0.05, 0) is 145 Å². The van der Waals surface area contributed by atoms with Crippen molar-refractivity contribution in [3.8, 4) is 11.5 Å². The van der Waals surface area contributed by atoms with Crippen molar-refractivity contribution in [1.29, 1.82) is 0 Å². The van der Waals surface area contributed by atoms with Crippen LogP contribution in [0.5, 0.6) is 11.5 Å². The van der Waals surface area contributed by atoms with Gasteiger partial charge < -0.3 is 4.74 Å². The summed E-state index contributed by atoms with van der Waals surface area (Å²) in [5, 5.41) is 0. The highest BCUT2D eigenvalue weighted by molar-refractivity contribution is 5.46. The maximum atomic E-state index is 16.5. The second kappa shape index (κ2) is 20.6. The summed E-state index contributed by atoms with van der Waals surface area (Å²) in [4.78, 5) is 0. The SMILES string of the molecule is CCCCC1CCC(c2ccc(Cc3c(CCC)ccc(Oc4ccc(CCC)c(Cc5ccc(C6CCC(CCCC)CC6)cc5)c4F)c3F)cc2)CC1. The van der Waals surface area contributed by atoms with E-state index in [4.69, 9.17) is 4.74 Å². The van der Waals surface area contributed by atoms with Gasteiger partial charge in [-0.15, -0.1) is 0 Å². The zero-order valence-electron chi connectivity index (χ0n) is 34.5. The molecule has 296 valence electrons. The molecule has 2 aliphatic carbocycles. The normalized spacial score (nSPS) is 20.1. The first kappa shape index (κ1) is 41.2. The van der Waals surface area contributed by atoms with Crippen molar-refractivity contribution in [3.05, 3.63) is 129 Å². The highest BCUT2D eigenvalue weighted by Crippen LogP contribution is 2.40. The van der Waals surface area contributed by atoms with Gasteiger partial charge in [0.25, 0.3) is 0 Å². The molecule has 3 heteroatoms. The number of hydrogen-bond acceptors (Lipinski definition) is 1. The summed E-state index contributed by atoms with van der Waals surface area (Å²) in [5.74, 6) is 2.47. The van der Waals surface area contributed by atoms with Crippen LogP contribution < -0.4 is 4.74 Å². The lowest BCUT2D eigenvalue weighted by molar-refractivity contribution is 0.304. The minimum Gasteiger partial charge on any atom is -0.451 e. The molecule has 6 rings (SSSR count). The Hall–Kier alpha value is -3.46. The lowest BCUT2D eigenvalue weighted by atomic mass is 9.77. The summed E-state index contributed by atoms with van der Waals surface area (Å²) >= 11 is 0. The number of rotatable bonds is 18. The van der Waals surface area contributed by atoms with Gasteiger partial charge in [-0.1, -0.05) is 140 Å². The van der Waals surface area contributed by atoms with E-state index in [0.717, 1.165) is 59.8 Å². The van der Waals surface area contributed by atoms with Crippen molar-refractivity contribution in [2.24, 2.45) is 11.8 Å². The molecule has 0 bridgehead atoms. The molecule has 4 aromatic carbocycles. The van der Waals surface area contributed by atoms with E-state index in [1.165, 1.54) is 101 Å². The fourth-order valence-corrected chi connectivity index (χ4v) is 9.72. The van der Waals surface area contributed by atoms with Crippen molar-refractivity contribution in [2.45, 2.75) is 168 Å². The molecule has 0 atom stereocenters. The van der Waals surface area contributed by atoms with Crippen molar-refractivity contribution in [3.63, 3.8) is 0 Å². The summed E-state index contributed by atoms with van der Waals surface area (Å²) in [5.41, 5.74) is 8.32. The van der Waals surface area contributed by atoms with Crippen LogP contribution >= 0.6 is 0 Å². The van der Waals surface area contributed by atoms with Gasteiger partial charge in [-0.3, -0.25) is 0 Å². The van der Waals surface area contributed by atoms with Crippen molar-refractivity contribution in [1.82, 2.24) is 0 Å². The number of hydrogen-bond donors (Lipinski definition) is 0. The first-order valence-electron chi connectivity index (χ1n) is 22.4. The van der Waals surface area contributed by atoms with Crippen LogP contribution in [0.25, 0.3) is 0 Å². The van der Waals surface area contributed by atoms with Crippen LogP contribution in [0.2, 0.25) is 0 Å². The Balaban J connectivity index is 1.16. The van der Waals surface area contributed by atoms with Gasteiger partial charge in [0.2, 0.25) is 0 Å². The van der Waals surface area contributed by atoms with Gasteiger partial charge >= 0.3 is 0 Å². The lowest BCUT2D eigenvalue weighted by Gasteiger charge is -2.29. The molecular weight excluding hydrogens is 679 g/mol. The predicted molar refractivity (Wildman–Crippen MR) is 228 cm³/mol. The molecule has 0 heterocycles. The largest absolute Gasteiger partial charge is 0.451 e. The topological polar surface area (TPSA) is 9.23 Å². The Kier molecular flexibility index (Phi) is 15.4. The minimum absolute atomic E-state index is 0.0909. The van der Waals surface area contributed by atoms with Crippen LogP contribution in [0.4, 0.5) is 8.78 Å². The van der Waals surface area contributed by atoms with E-state index in [0.29, 0.717) is 35.8 Å². The third kappa shape index (κ3) is 10.9. The molecule has 0 aromatic heterocycles. The molecule has 0 amide bonds. The van der Waals surface area contributed by atoms with Crippen LogP contribution in [0.1, 0.15) is 187 Å². The fraction of sp³-hybridized carbons (Fsp3) is 0.538. The predicted octanol–water partition coefficient (Wildman–Crippen LogP) is 15.8. The Labute approximate surface area is 332 Å². The number of ether oxygens (including phenoxy) is 1.